The second-order valence-electron chi connectivity index (χ2n) is 8.90. The van der Waals surface area contributed by atoms with Crippen molar-refractivity contribution < 1.29 is 17.9 Å². The lowest BCUT2D eigenvalue weighted by molar-refractivity contribution is -0.117. The monoisotopic (exact) mass is 471 g/mol. The van der Waals surface area contributed by atoms with Crippen LogP contribution >= 0.6 is 0 Å². The predicted molar refractivity (Wildman–Crippen MR) is 129 cm³/mol. The number of fused-ring (bicyclic) bond motifs is 1. The van der Waals surface area contributed by atoms with Crippen LogP contribution in [0.2, 0.25) is 0 Å². The third-order valence-electron chi connectivity index (χ3n) is 6.67. The van der Waals surface area contributed by atoms with E-state index in [1.165, 1.54) is 24.3 Å². The first kappa shape index (κ1) is 23.7. The summed E-state index contributed by atoms with van der Waals surface area (Å²) in [5.74, 6) is 0.233. The summed E-state index contributed by atoms with van der Waals surface area (Å²) in [4.78, 5) is 15.1. The number of aryl methyl sites for hydroxylation is 1. The molecule has 1 saturated heterocycles. The normalized spacial score (nSPS) is 19.2. The number of carbonyl (C=O) groups excluding carboxylic acids is 1. The predicted octanol–water partition coefficient (Wildman–Crippen LogP) is 3.82. The van der Waals surface area contributed by atoms with E-state index in [-0.39, 0.29) is 23.4 Å². The molecule has 33 heavy (non-hydrogen) atoms. The molecule has 1 atom stereocenters. The number of nitrogens with zero attached hydrogens (tertiary/aromatic N) is 2. The average molecular weight is 472 g/mol. The van der Waals surface area contributed by atoms with Gasteiger partial charge in [-0.05, 0) is 62.1 Å². The molecule has 0 radical (unpaired) electrons. The van der Waals surface area contributed by atoms with E-state index in [0.717, 1.165) is 38.5 Å². The molecule has 1 heterocycles. The van der Waals surface area contributed by atoms with Gasteiger partial charge < -0.3 is 10.1 Å². The van der Waals surface area contributed by atoms with Gasteiger partial charge in [-0.1, -0.05) is 37.1 Å². The van der Waals surface area contributed by atoms with E-state index >= 15 is 0 Å². The number of carbonyl (C=O) groups is 1. The number of ether oxygens (including phenoxy) is 1. The van der Waals surface area contributed by atoms with Crippen LogP contribution in [0, 0.1) is 0 Å². The number of likely N-dealkylation sites (N-methyl/N-ethyl adjacent to an activating group) is 1. The van der Waals surface area contributed by atoms with E-state index in [1.54, 1.807) is 16.4 Å². The van der Waals surface area contributed by atoms with Gasteiger partial charge in [-0.15, -0.1) is 0 Å². The number of benzene rings is 2. The summed E-state index contributed by atoms with van der Waals surface area (Å²) in [6, 6.07) is 13.2. The summed E-state index contributed by atoms with van der Waals surface area (Å²) in [5.41, 5.74) is 2.98. The average Bonchev–Trinajstić information content (AvgIpc) is 3.04. The number of sulfonamides is 1. The van der Waals surface area contributed by atoms with Gasteiger partial charge in [0.05, 0.1) is 24.2 Å². The molecule has 1 N–H and O–H groups in total. The van der Waals surface area contributed by atoms with Gasteiger partial charge in [0.2, 0.25) is 15.9 Å². The lowest BCUT2D eigenvalue weighted by Gasteiger charge is -2.25. The second-order valence-corrected chi connectivity index (χ2v) is 10.8. The highest BCUT2D eigenvalue weighted by molar-refractivity contribution is 7.89. The zero-order chi connectivity index (χ0) is 23.4. The molecule has 0 bridgehead atoms. The zero-order valence-electron chi connectivity index (χ0n) is 19.4. The Balaban J connectivity index is 1.48. The maximum absolute atomic E-state index is 13.2. The van der Waals surface area contributed by atoms with Crippen LogP contribution in [0.25, 0.3) is 0 Å². The van der Waals surface area contributed by atoms with E-state index in [1.807, 2.05) is 24.1 Å². The molecule has 4 rings (SSSR count). The number of methoxy groups -OCH3 is 1. The fraction of sp³-hybridized carbons (Fsp3) is 0.480. The number of hydrogen-bond acceptors (Lipinski definition) is 5. The highest BCUT2D eigenvalue weighted by Crippen LogP contribution is 2.35. The Labute approximate surface area is 196 Å². The standard InChI is InChI=1S/C25H33N3O4S/c1-27(23-13-11-19-9-5-6-10-21(19)23)18-25(29)26-22-17-20(12-14-24(22)32-2)33(30,31)28-15-7-3-4-8-16-28/h5-6,9-10,12,14,17,23H,3-4,7-8,11,13,15-16,18H2,1-2H3,(H,26,29). The van der Waals surface area contributed by atoms with Crippen molar-refractivity contribution in [3.05, 3.63) is 53.6 Å². The van der Waals surface area contributed by atoms with Gasteiger partial charge in [0.25, 0.3) is 0 Å². The molecule has 178 valence electrons. The minimum Gasteiger partial charge on any atom is -0.495 e. The third kappa shape index (κ3) is 5.23. The SMILES string of the molecule is COc1ccc(S(=O)(=O)N2CCCCCC2)cc1NC(=O)CN(C)C1CCc2ccccc21. The smallest absolute Gasteiger partial charge is 0.243 e. The number of amides is 1. The molecule has 1 fully saturated rings. The Morgan fingerprint density at radius 3 is 2.58 bits per heavy atom. The van der Waals surface area contributed by atoms with Crippen LogP contribution in [-0.2, 0) is 21.2 Å². The molecule has 1 aliphatic carbocycles. The Bertz CT molecular complexity index is 1090. The van der Waals surface area contributed by atoms with Crippen LogP contribution in [0.3, 0.4) is 0 Å². The Morgan fingerprint density at radius 2 is 1.85 bits per heavy atom. The lowest BCUT2D eigenvalue weighted by atomic mass is 10.1. The van der Waals surface area contributed by atoms with Crippen molar-refractivity contribution in [2.75, 3.05) is 39.1 Å². The molecular formula is C25H33N3O4S. The molecule has 7 nitrogen and oxygen atoms in total. The van der Waals surface area contributed by atoms with Crippen molar-refractivity contribution in [2.24, 2.45) is 0 Å². The van der Waals surface area contributed by atoms with Crippen molar-refractivity contribution in [1.82, 2.24) is 9.21 Å². The quantitative estimate of drug-likeness (QED) is 0.664. The van der Waals surface area contributed by atoms with E-state index in [9.17, 15) is 13.2 Å². The van der Waals surface area contributed by atoms with Crippen LogP contribution in [0.1, 0.15) is 49.3 Å². The first-order valence-electron chi connectivity index (χ1n) is 11.7. The number of hydrogen-bond donors (Lipinski definition) is 1. The van der Waals surface area contributed by atoms with Crippen molar-refractivity contribution in [3.63, 3.8) is 0 Å². The maximum Gasteiger partial charge on any atom is 0.243 e. The molecule has 2 aliphatic rings. The molecule has 1 unspecified atom stereocenters. The second kappa shape index (κ2) is 10.2. The van der Waals surface area contributed by atoms with Gasteiger partial charge in [0, 0.05) is 19.1 Å². The van der Waals surface area contributed by atoms with Gasteiger partial charge in [0.1, 0.15) is 5.75 Å². The summed E-state index contributed by atoms with van der Waals surface area (Å²) in [6.07, 6.45) is 5.84. The zero-order valence-corrected chi connectivity index (χ0v) is 20.2. The molecule has 1 aliphatic heterocycles. The fourth-order valence-corrected chi connectivity index (χ4v) is 6.44. The summed E-state index contributed by atoms with van der Waals surface area (Å²) in [6.45, 7) is 1.26. The van der Waals surface area contributed by atoms with Crippen molar-refractivity contribution in [1.29, 1.82) is 0 Å². The van der Waals surface area contributed by atoms with E-state index in [0.29, 0.717) is 24.5 Å². The maximum atomic E-state index is 13.2. The molecule has 1 amide bonds. The fourth-order valence-electron chi connectivity index (χ4n) is 4.90. The van der Waals surface area contributed by atoms with Crippen molar-refractivity contribution in [3.8, 4) is 5.75 Å². The van der Waals surface area contributed by atoms with Crippen LogP contribution in [0.4, 0.5) is 5.69 Å². The van der Waals surface area contributed by atoms with Crippen molar-refractivity contribution >= 4 is 21.6 Å². The molecule has 0 saturated carbocycles. The molecular weight excluding hydrogens is 438 g/mol. The minimum absolute atomic E-state index is 0.179. The Kier molecular flexibility index (Phi) is 7.36. The van der Waals surface area contributed by atoms with Crippen LogP contribution in [0.15, 0.2) is 47.4 Å². The largest absolute Gasteiger partial charge is 0.495 e. The van der Waals surface area contributed by atoms with Crippen molar-refractivity contribution in [2.45, 2.75) is 49.5 Å². The van der Waals surface area contributed by atoms with Crippen LogP contribution in [-0.4, -0.2) is 57.3 Å². The van der Waals surface area contributed by atoms with Gasteiger partial charge in [0.15, 0.2) is 0 Å². The number of nitrogens with one attached hydrogen (secondary N) is 1. The van der Waals surface area contributed by atoms with E-state index in [4.69, 9.17) is 4.74 Å². The third-order valence-corrected chi connectivity index (χ3v) is 8.57. The minimum atomic E-state index is -3.62. The van der Waals surface area contributed by atoms with E-state index < -0.39 is 10.0 Å². The highest BCUT2D eigenvalue weighted by atomic mass is 32.2. The van der Waals surface area contributed by atoms with E-state index in [2.05, 4.69) is 17.4 Å². The van der Waals surface area contributed by atoms with Gasteiger partial charge in [-0.2, -0.15) is 4.31 Å². The molecule has 0 spiro atoms. The summed E-state index contributed by atoms with van der Waals surface area (Å²) in [5, 5.41) is 2.88. The van der Waals surface area contributed by atoms with Gasteiger partial charge >= 0.3 is 0 Å². The molecule has 0 aromatic heterocycles. The molecule has 2 aromatic carbocycles. The summed E-state index contributed by atoms with van der Waals surface area (Å²) in [7, 11) is -0.164. The molecule has 2 aromatic rings. The van der Waals surface area contributed by atoms with Crippen LogP contribution in [0.5, 0.6) is 5.75 Å². The van der Waals surface area contributed by atoms with Gasteiger partial charge in [-0.3, -0.25) is 9.69 Å². The Hall–Kier alpha value is -2.42. The number of anilines is 1. The van der Waals surface area contributed by atoms with Gasteiger partial charge in [-0.25, -0.2) is 8.42 Å². The lowest BCUT2D eigenvalue weighted by Crippen LogP contribution is -2.33. The molecule has 8 heteroatoms. The topological polar surface area (TPSA) is 79.0 Å². The Morgan fingerprint density at radius 1 is 1.12 bits per heavy atom. The van der Waals surface area contributed by atoms with Crippen LogP contribution < -0.4 is 10.1 Å². The number of rotatable bonds is 7. The summed E-state index contributed by atoms with van der Waals surface area (Å²) < 4.78 is 33.4. The first-order chi connectivity index (χ1) is 15.9. The first-order valence-corrected chi connectivity index (χ1v) is 13.1. The highest BCUT2D eigenvalue weighted by Gasteiger charge is 2.28. The summed E-state index contributed by atoms with van der Waals surface area (Å²) >= 11 is 0.